The molecule has 3 rings (SSSR count). The lowest BCUT2D eigenvalue weighted by molar-refractivity contribution is 0.542. The van der Waals surface area contributed by atoms with E-state index in [9.17, 15) is 16.8 Å². The van der Waals surface area contributed by atoms with Crippen molar-refractivity contribution in [1.29, 1.82) is 0 Å². The summed E-state index contributed by atoms with van der Waals surface area (Å²) in [6, 6.07) is 23.1. The quantitative estimate of drug-likeness (QED) is 0.466. The van der Waals surface area contributed by atoms with Gasteiger partial charge in [-0.1, -0.05) is 48.0 Å². The first-order valence-electron chi connectivity index (χ1n) is 8.00. The first-order chi connectivity index (χ1) is 13.3. The van der Waals surface area contributed by atoms with Gasteiger partial charge in [-0.2, -0.15) is 16.8 Å². The summed E-state index contributed by atoms with van der Waals surface area (Å²) in [5, 5.41) is 0.483. The van der Waals surface area contributed by atoms with E-state index in [4.69, 9.17) is 11.6 Å². The molecule has 0 fully saturated rings. The molecule has 0 N–H and O–H groups in total. The van der Waals surface area contributed by atoms with Crippen LogP contribution in [0.1, 0.15) is 5.56 Å². The van der Waals surface area contributed by atoms with Gasteiger partial charge in [-0.3, -0.25) is 0 Å². The lowest BCUT2D eigenvalue weighted by Crippen LogP contribution is -2.33. The normalized spacial score (nSPS) is 11.3. The number of sulfonamides is 2. The molecule has 0 unspecified atom stereocenters. The number of nitrogens with zero attached hydrogens (tertiary/aromatic N) is 1. The molecule has 3 aromatic carbocycles. The van der Waals surface area contributed by atoms with Crippen molar-refractivity contribution in [3.63, 3.8) is 0 Å². The van der Waals surface area contributed by atoms with Gasteiger partial charge in [0.05, 0.1) is 9.79 Å². The largest absolute Gasteiger partial charge is 0.284 e. The van der Waals surface area contributed by atoms with Crippen LogP contribution >= 0.6 is 11.6 Å². The first-order valence-corrected chi connectivity index (χ1v) is 11.3. The smallest absolute Gasteiger partial charge is 0.199 e. The molecule has 0 aliphatic heterocycles. The van der Waals surface area contributed by atoms with Crippen molar-refractivity contribution >= 4 is 31.6 Å². The Labute approximate surface area is 169 Å². The molecule has 0 aliphatic carbocycles. The lowest BCUT2D eigenvalue weighted by Gasteiger charge is -2.18. The van der Waals surface area contributed by atoms with E-state index in [1.807, 2.05) is 0 Å². The summed E-state index contributed by atoms with van der Waals surface area (Å²) in [6.07, 6.45) is 0. The standard InChI is InChI=1S/C20H14ClNO4S2/c21-18-13-11-17(12-14-18)15-16-22(27(23,24)19-7-3-1-4-8-19)28(25,26)20-9-5-2-6-10-20/h1-14H. The number of hydrogen-bond acceptors (Lipinski definition) is 4. The van der Waals surface area contributed by atoms with Crippen LogP contribution in [0.2, 0.25) is 5.02 Å². The van der Waals surface area contributed by atoms with E-state index in [2.05, 4.69) is 12.0 Å². The number of rotatable bonds is 4. The predicted octanol–water partition coefficient (Wildman–Crippen LogP) is 3.73. The van der Waals surface area contributed by atoms with Crippen LogP contribution < -0.4 is 0 Å². The van der Waals surface area contributed by atoms with Crippen molar-refractivity contribution < 1.29 is 16.8 Å². The van der Waals surface area contributed by atoms with E-state index in [0.717, 1.165) is 0 Å². The molecule has 5 nitrogen and oxygen atoms in total. The Bertz CT molecular complexity index is 1160. The summed E-state index contributed by atoms with van der Waals surface area (Å²) in [4.78, 5) is -0.361. The molecule has 142 valence electrons. The van der Waals surface area contributed by atoms with Crippen LogP contribution in [0.5, 0.6) is 0 Å². The molecule has 0 aromatic heterocycles. The molecular weight excluding hydrogens is 418 g/mol. The minimum atomic E-state index is -4.44. The predicted molar refractivity (Wildman–Crippen MR) is 107 cm³/mol. The minimum absolute atomic E-state index is 0.181. The Hall–Kier alpha value is -2.79. The van der Waals surface area contributed by atoms with E-state index >= 15 is 0 Å². The molecule has 3 aromatic rings. The number of benzene rings is 3. The fourth-order valence-electron chi connectivity index (χ4n) is 2.27. The summed E-state index contributed by atoms with van der Waals surface area (Å²) in [5.74, 6) is 2.58. The van der Waals surface area contributed by atoms with E-state index in [0.29, 0.717) is 10.6 Å². The average Bonchev–Trinajstić information content (AvgIpc) is 2.70. The molecule has 0 aliphatic rings. The third-order valence-electron chi connectivity index (χ3n) is 3.65. The molecule has 28 heavy (non-hydrogen) atoms. The van der Waals surface area contributed by atoms with Gasteiger partial charge in [0.25, 0.3) is 20.0 Å². The average molecular weight is 432 g/mol. The fraction of sp³-hybridized carbons (Fsp3) is 0. The minimum Gasteiger partial charge on any atom is -0.199 e. The molecule has 0 radical (unpaired) electrons. The van der Waals surface area contributed by atoms with Crippen LogP contribution in [0.3, 0.4) is 0 Å². The molecule has 0 spiro atoms. The van der Waals surface area contributed by atoms with E-state index < -0.39 is 20.0 Å². The van der Waals surface area contributed by atoms with Crippen LogP contribution in [-0.2, 0) is 20.0 Å². The molecule has 0 bridgehead atoms. The van der Waals surface area contributed by atoms with Gasteiger partial charge < -0.3 is 0 Å². The monoisotopic (exact) mass is 431 g/mol. The third kappa shape index (κ3) is 4.20. The highest BCUT2D eigenvalue weighted by molar-refractivity contribution is 8.04. The van der Waals surface area contributed by atoms with Crippen molar-refractivity contribution in [2.24, 2.45) is 0 Å². The Morgan fingerprint density at radius 3 is 1.50 bits per heavy atom. The molecule has 0 saturated carbocycles. The van der Waals surface area contributed by atoms with Gasteiger partial charge in [-0.15, -0.1) is 3.71 Å². The highest BCUT2D eigenvalue weighted by atomic mass is 35.5. The summed E-state index contributed by atoms with van der Waals surface area (Å²) in [7, 11) is -8.88. The Morgan fingerprint density at radius 1 is 0.643 bits per heavy atom. The van der Waals surface area contributed by atoms with Crippen LogP contribution in [0.25, 0.3) is 0 Å². The van der Waals surface area contributed by atoms with Gasteiger partial charge in [-0.25, -0.2) is 0 Å². The van der Waals surface area contributed by atoms with E-state index in [-0.39, 0.29) is 13.5 Å². The van der Waals surface area contributed by atoms with Crippen LogP contribution in [-0.4, -0.2) is 20.5 Å². The van der Waals surface area contributed by atoms with Gasteiger partial charge >= 0.3 is 0 Å². The van der Waals surface area contributed by atoms with Crippen LogP contribution in [0, 0.1) is 12.0 Å². The number of hydrogen-bond donors (Lipinski definition) is 0. The first kappa shape index (κ1) is 20.0. The van der Waals surface area contributed by atoms with Gasteiger partial charge in [0.2, 0.25) is 0 Å². The second-order valence-corrected chi connectivity index (χ2v) is 9.82. The SMILES string of the molecule is O=S(=O)(c1ccccc1)N(C#Cc1ccc(Cl)cc1)S(=O)(=O)c1ccccc1. The zero-order chi connectivity index (χ0) is 20.2. The summed E-state index contributed by atoms with van der Waals surface area (Å²) < 4.78 is 52.4. The zero-order valence-electron chi connectivity index (χ0n) is 14.4. The van der Waals surface area contributed by atoms with Gasteiger partial charge in [-0.05, 0) is 54.5 Å². The van der Waals surface area contributed by atoms with Crippen molar-refractivity contribution in [2.75, 3.05) is 0 Å². The maximum atomic E-state index is 13.1. The molecule has 0 amide bonds. The third-order valence-corrected chi connectivity index (χ3v) is 7.88. The van der Waals surface area contributed by atoms with Crippen molar-refractivity contribution in [1.82, 2.24) is 3.71 Å². The summed E-state index contributed by atoms with van der Waals surface area (Å²) in [5.41, 5.74) is 0.418. The summed E-state index contributed by atoms with van der Waals surface area (Å²) >= 11 is 5.83. The van der Waals surface area contributed by atoms with Crippen molar-refractivity contribution in [3.05, 3.63) is 95.5 Å². The Morgan fingerprint density at radius 2 is 1.07 bits per heavy atom. The second kappa shape index (κ2) is 8.07. The Balaban J connectivity index is 2.16. The lowest BCUT2D eigenvalue weighted by atomic mass is 10.2. The van der Waals surface area contributed by atoms with Gasteiger partial charge in [0.15, 0.2) is 0 Å². The Kier molecular flexibility index (Phi) is 5.75. The highest BCUT2D eigenvalue weighted by Gasteiger charge is 2.34. The molecule has 8 heteroatoms. The molecule has 0 atom stereocenters. The van der Waals surface area contributed by atoms with Crippen molar-refractivity contribution in [2.45, 2.75) is 9.79 Å². The van der Waals surface area contributed by atoms with Crippen LogP contribution in [0.15, 0.2) is 94.7 Å². The number of halogens is 1. The molecular formula is C20H14ClNO4S2. The van der Waals surface area contributed by atoms with Gasteiger partial charge in [0.1, 0.15) is 0 Å². The van der Waals surface area contributed by atoms with E-state index in [1.165, 1.54) is 48.5 Å². The molecule has 0 saturated heterocycles. The second-order valence-electron chi connectivity index (χ2n) is 5.58. The van der Waals surface area contributed by atoms with E-state index in [1.54, 1.807) is 36.4 Å². The summed E-state index contributed by atoms with van der Waals surface area (Å²) in [6.45, 7) is 0. The maximum absolute atomic E-state index is 13.1. The highest BCUT2D eigenvalue weighted by Crippen LogP contribution is 2.23. The molecule has 0 heterocycles. The topological polar surface area (TPSA) is 71.5 Å². The zero-order valence-corrected chi connectivity index (χ0v) is 16.7. The fourth-order valence-corrected chi connectivity index (χ4v) is 5.66. The maximum Gasteiger partial charge on any atom is 0.284 e. The van der Waals surface area contributed by atoms with Gasteiger partial charge in [0, 0.05) is 16.6 Å². The van der Waals surface area contributed by atoms with Crippen LogP contribution in [0.4, 0.5) is 0 Å². The van der Waals surface area contributed by atoms with Crippen molar-refractivity contribution in [3.8, 4) is 12.0 Å².